The van der Waals surface area contributed by atoms with Crippen molar-refractivity contribution in [3.63, 3.8) is 0 Å². The lowest BCUT2D eigenvalue weighted by Gasteiger charge is -2.26. The minimum absolute atomic E-state index is 0.00878. The zero-order chi connectivity index (χ0) is 15.7. The summed E-state index contributed by atoms with van der Waals surface area (Å²) in [5, 5.41) is 3.47. The molecule has 1 aromatic rings. The van der Waals surface area contributed by atoms with Gasteiger partial charge in [-0.25, -0.2) is 0 Å². The monoisotopic (exact) mass is 312 g/mol. The van der Waals surface area contributed by atoms with Gasteiger partial charge in [0.15, 0.2) is 0 Å². The fourth-order valence-corrected chi connectivity index (χ4v) is 2.03. The van der Waals surface area contributed by atoms with E-state index in [1.807, 2.05) is 32.0 Å². The molecule has 0 bridgehead atoms. The Morgan fingerprint density at radius 3 is 2.62 bits per heavy atom. The van der Waals surface area contributed by atoms with E-state index in [9.17, 15) is 4.79 Å². The highest BCUT2D eigenvalue weighted by Gasteiger charge is 2.20. The molecule has 0 spiro atoms. The van der Waals surface area contributed by atoms with Crippen LogP contribution < -0.4 is 15.8 Å². The van der Waals surface area contributed by atoms with Crippen molar-refractivity contribution in [3.8, 4) is 5.75 Å². The van der Waals surface area contributed by atoms with Gasteiger partial charge in [-0.2, -0.15) is 0 Å². The zero-order valence-corrected chi connectivity index (χ0v) is 13.6. The summed E-state index contributed by atoms with van der Waals surface area (Å²) in [5.41, 5.74) is 5.84. The second-order valence-corrected chi connectivity index (χ2v) is 5.64. The highest BCUT2D eigenvalue weighted by atomic mass is 35.5. The van der Waals surface area contributed by atoms with Crippen molar-refractivity contribution in [2.75, 3.05) is 13.2 Å². The van der Waals surface area contributed by atoms with Gasteiger partial charge in [0.25, 0.3) is 0 Å². The fourth-order valence-electron chi connectivity index (χ4n) is 1.84. The summed E-state index contributed by atoms with van der Waals surface area (Å²) in [6, 6.07) is 7.31. The number of para-hydroxylation sites is 1. The molecule has 0 aliphatic carbocycles. The molecule has 0 saturated heterocycles. The van der Waals surface area contributed by atoms with Crippen molar-refractivity contribution in [1.82, 2.24) is 5.32 Å². The largest absolute Gasteiger partial charge is 0.492 e. The van der Waals surface area contributed by atoms with Crippen LogP contribution in [0.1, 0.15) is 39.5 Å². The first-order valence-electron chi connectivity index (χ1n) is 7.43. The van der Waals surface area contributed by atoms with Crippen LogP contribution in [0.25, 0.3) is 0 Å². The lowest BCUT2D eigenvalue weighted by atomic mass is 9.94. The summed E-state index contributed by atoms with van der Waals surface area (Å²) < 4.78 is 5.54. The summed E-state index contributed by atoms with van der Waals surface area (Å²) in [5.74, 6) is 0.659. The van der Waals surface area contributed by atoms with Crippen LogP contribution in [0.5, 0.6) is 5.75 Å². The Kier molecular flexibility index (Phi) is 7.54. The Labute approximate surface area is 132 Å². The number of carbonyl (C=O) groups is 1. The zero-order valence-electron chi connectivity index (χ0n) is 12.8. The van der Waals surface area contributed by atoms with Gasteiger partial charge in [0.05, 0.1) is 11.6 Å². The summed E-state index contributed by atoms with van der Waals surface area (Å²) in [6.45, 7) is 5.05. The van der Waals surface area contributed by atoms with Crippen LogP contribution in [0.15, 0.2) is 24.3 Å². The topological polar surface area (TPSA) is 64.3 Å². The highest BCUT2D eigenvalue weighted by molar-refractivity contribution is 6.32. The number of amides is 1. The number of hydrogen-bond acceptors (Lipinski definition) is 3. The first kappa shape index (κ1) is 17.8. The molecule has 4 nitrogen and oxygen atoms in total. The van der Waals surface area contributed by atoms with E-state index >= 15 is 0 Å². The molecule has 0 radical (unpaired) electrons. The van der Waals surface area contributed by atoms with Gasteiger partial charge >= 0.3 is 0 Å². The molecule has 3 N–H and O–H groups in total. The molecule has 1 rings (SSSR count). The van der Waals surface area contributed by atoms with Crippen molar-refractivity contribution in [2.45, 2.75) is 45.1 Å². The number of halogens is 1. The van der Waals surface area contributed by atoms with E-state index in [2.05, 4.69) is 5.32 Å². The maximum Gasteiger partial charge on any atom is 0.220 e. The number of ether oxygens (including phenoxy) is 1. The minimum atomic E-state index is -0.302. The lowest BCUT2D eigenvalue weighted by molar-refractivity contribution is -0.121. The van der Waals surface area contributed by atoms with E-state index in [0.29, 0.717) is 36.8 Å². The molecule has 0 unspecified atom stereocenters. The number of hydrogen-bond donors (Lipinski definition) is 2. The average Bonchev–Trinajstić information content (AvgIpc) is 2.51. The van der Waals surface area contributed by atoms with Crippen LogP contribution in [-0.2, 0) is 4.79 Å². The number of nitrogens with one attached hydrogen (secondary N) is 1. The van der Waals surface area contributed by atoms with Gasteiger partial charge in [-0.05, 0) is 31.4 Å². The Morgan fingerprint density at radius 2 is 2.00 bits per heavy atom. The van der Waals surface area contributed by atoms with Crippen molar-refractivity contribution >= 4 is 17.5 Å². The van der Waals surface area contributed by atoms with Crippen LogP contribution in [0.2, 0.25) is 5.02 Å². The third-order valence-corrected chi connectivity index (χ3v) is 4.00. The third-order valence-electron chi connectivity index (χ3n) is 3.69. The summed E-state index contributed by atoms with van der Waals surface area (Å²) >= 11 is 5.98. The molecule has 1 aromatic carbocycles. The molecule has 0 atom stereocenters. The number of benzene rings is 1. The van der Waals surface area contributed by atoms with Gasteiger partial charge in [-0.1, -0.05) is 37.6 Å². The molecule has 0 aliphatic heterocycles. The van der Waals surface area contributed by atoms with E-state index in [4.69, 9.17) is 22.1 Å². The second-order valence-electron chi connectivity index (χ2n) is 5.23. The Hall–Kier alpha value is -1.26. The van der Waals surface area contributed by atoms with Crippen LogP contribution in [0, 0.1) is 0 Å². The third kappa shape index (κ3) is 6.36. The Bertz CT molecular complexity index is 448. The number of carbonyl (C=O) groups excluding carboxylic acids is 1. The molecule has 21 heavy (non-hydrogen) atoms. The Morgan fingerprint density at radius 1 is 1.33 bits per heavy atom. The predicted molar refractivity (Wildman–Crippen MR) is 86.7 cm³/mol. The average molecular weight is 313 g/mol. The molecule has 5 heteroatoms. The molecule has 118 valence electrons. The first-order chi connectivity index (χ1) is 10.0. The van der Waals surface area contributed by atoms with E-state index in [1.165, 1.54) is 0 Å². The van der Waals surface area contributed by atoms with Crippen molar-refractivity contribution in [1.29, 1.82) is 0 Å². The molecular formula is C16H25ClN2O2. The smallest absolute Gasteiger partial charge is 0.220 e. The molecule has 0 aromatic heterocycles. The van der Waals surface area contributed by atoms with Crippen LogP contribution >= 0.6 is 11.6 Å². The quantitative estimate of drug-likeness (QED) is 0.689. The SMILES string of the molecule is CCC(N)(CC)CNC(=O)CCCOc1ccccc1Cl. The molecule has 0 saturated carbocycles. The number of nitrogens with two attached hydrogens (primary N) is 1. The van der Waals surface area contributed by atoms with Crippen molar-refractivity contribution in [2.24, 2.45) is 5.73 Å². The summed E-state index contributed by atoms with van der Waals surface area (Å²) in [7, 11) is 0. The van der Waals surface area contributed by atoms with E-state index in [0.717, 1.165) is 12.8 Å². The molecule has 0 aliphatic rings. The van der Waals surface area contributed by atoms with Gasteiger partial charge in [-0.15, -0.1) is 0 Å². The van der Waals surface area contributed by atoms with E-state index in [-0.39, 0.29) is 11.4 Å². The fraction of sp³-hybridized carbons (Fsp3) is 0.562. The number of rotatable bonds is 9. The highest BCUT2D eigenvalue weighted by Crippen LogP contribution is 2.23. The molecular weight excluding hydrogens is 288 g/mol. The molecule has 1 amide bonds. The Balaban J connectivity index is 2.21. The van der Waals surface area contributed by atoms with Gasteiger partial charge in [-0.3, -0.25) is 4.79 Å². The van der Waals surface area contributed by atoms with Crippen LogP contribution in [-0.4, -0.2) is 24.6 Å². The first-order valence-corrected chi connectivity index (χ1v) is 7.81. The predicted octanol–water partition coefficient (Wildman–Crippen LogP) is 3.13. The summed E-state index contributed by atoms with van der Waals surface area (Å²) in [4.78, 5) is 11.8. The standard InChI is InChI=1S/C16H25ClN2O2/c1-3-16(18,4-2)12-19-15(20)10-7-11-21-14-9-6-5-8-13(14)17/h5-6,8-9H,3-4,7,10-12,18H2,1-2H3,(H,19,20). The normalized spacial score (nSPS) is 11.2. The van der Waals surface area contributed by atoms with Crippen molar-refractivity contribution < 1.29 is 9.53 Å². The van der Waals surface area contributed by atoms with Gasteiger partial charge < -0.3 is 15.8 Å². The van der Waals surface area contributed by atoms with Crippen LogP contribution in [0.4, 0.5) is 0 Å². The maximum atomic E-state index is 11.8. The van der Waals surface area contributed by atoms with Gasteiger partial charge in [0.1, 0.15) is 5.75 Å². The summed E-state index contributed by atoms with van der Waals surface area (Å²) in [6.07, 6.45) is 2.76. The van der Waals surface area contributed by atoms with E-state index in [1.54, 1.807) is 6.07 Å². The maximum absolute atomic E-state index is 11.8. The molecule has 0 heterocycles. The minimum Gasteiger partial charge on any atom is -0.492 e. The van der Waals surface area contributed by atoms with Gasteiger partial charge in [0.2, 0.25) is 5.91 Å². The van der Waals surface area contributed by atoms with Gasteiger partial charge in [0, 0.05) is 18.5 Å². The van der Waals surface area contributed by atoms with E-state index < -0.39 is 0 Å². The second kappa shape index (κ2) is 8.90. The lowest BCUT2D eigenvalue weighted by Crippen LogP contribution is -2.49. The van der Waals surface area contributed by atoms with Crippen molar-refractivity contribution in [3.05, 3.63) is 29.3 Å². The van der Waals surface area contributed by atoms with Crippen LogP contribution in [0.3, 0.4) is 0 Å². The molecule has 0 fully saturated rings.